The van der Waals surface area contributed by atoms with Crippen molar-refractivity contribution in [3.63, 3.8) is 0 Å². The van der Waals surface area contributed by atoms with Gasteiger partial charge in [-0.1, -0.05) is 78.9 Å². The third-order valence-electron chi connectivity index (χ3n) is 5.99. The Morgan fingerprint density at radius 1 is 0.765 bits per heavy atom. The number of benzene rings is 5. The lowest BCUT2D eigenvalue weighted by Gasteiger charge is -2.18. The highest BCUT2D eigenvalue weighted by Crippen LogP contribution is 2.46. The first-order valence-electron chi connectivity index (χ1n) is 10.9. The Hall–Kier alpha value is -4.13. The Morgan fingerprint density at radius 3 is 2.09 bits per heavy atom. The number of ether oxygens (including phenoxy) is 1. The summed E-state index contributed by atoms with van der Waals surface area (Å²) in [5.41, 5.74) is 2.71. The number of aldehydes is 1. The molecular weight excluding hydrogens is 427 g/mol. The molecule has 0 bridgehead atoms. The number of carbonyl (C=O) groups excluding carboxylic acids is 1. The molecule has 0 aliphatic heterocycles. The molecule has 0 fully saturated rings. The largest absolute Gasteiger partial charge is 0.507 e. The average molecular weight is 448 g/mol. The van der Waals surface area contributed by atoms with Crippen LogP contribution < -0.4 is 10.2 Å². The second-order valence-electron chi connectivity index (χ2n) is 8.09. The molecule has 5 aromatic rings. The van der Waals surface area contributed by atoms with E-state index in [-0.39, 0.29) is 17.9 Å². The summed E-state index contributed by atoms with van der Waals surface area (Å²) in [5.74, 6) is 0.477. The average Bonchev–Trinajstić information content (AvgIpc) is 2.87. The molecule has 5 rings (SSSR count). The number of rotatable bonds is 6. The van der Waals surface area contributed by atoms with Gasteiger partial charge < -0.3 is 19.9 Å². The van der Waals surface area contributed by atoms with E-state index in [0.29, 0.717) is 28.6 Å². The molecule has 0 spiro atoms. The Bertz CT molecular complexity index is 1510. The van der Waals surface area contributed by atoms with Gasteiger partial charge in [0, 0.05) is 11.1 Å². The van der Waals surface area contributed by atoms with Crippen LogP contribution in [0, 0.1) is 0 Å². The second kappa shape index (κ2) is 9.02. The quantitative estimate of drug-likeness (QED) is 0.264. The molecule has 3 N–H and O–H groups in total. The molecule has 0 aliphatic rings. The van der Waals surface area contributed by atoms with Crippen LogP contribution in [-0.2, 0) is 6.61 Å². The van der Waals surface area contributed by atoms with Crippen molar-refractivity contribution in [3.05, 3.63) is 102 Å². The van der Waals surface area contributed by atoms with Crippen molar-refractivity contribution < 1.29 is 24.7 Å². The van der Waals surface area contributed by atoms with Gasteiger partial charge in [-0.15, -0.1) is 0 Å². The number of phenols is 1. The van der Waals surface area contributed by atoms with Gasteiger partial charge in [0.05, 0.1) is 5.56 Å². The van der Waals surface area contributed by atoms with Gasteiger partial charge in [-0.05, 0) is 44.7 Å². The molecule has 5 aromatic carbocycles. The van der Waals surface area contributed by atoms with Crippen molar-refractivity contribution in [3.8, 4) is 22.6 Å². The minimum Gasteiger partial charge on any atom is -0.507 e. The number of phenolic OH excluding ortho intramolecular Hbond substituents is 1. The molecule has 0 radical (unpaired) electrons. The third kappa shape index (κ3) is 3.90. The van der Waals surface area contributed by atoms with Gasteiger partial charge in [0.2, 0.25) is 0 Å². The molecule has 34 heavy (non-hydrogen) atoms. The lowest BCUT2D eigenvalue weighted by molar-refractivity contribution is 0.112. The van der Waals surface area contributed by atoms with Crippen LogP contribution in [0.1, 0.15) is 15.9 Å². The predicted octanol–water partition coefficient (Wildman–Crippen LogP) is 4.44. The van der Waals surface area contributed by atoms with Gasteiger partial charge in [-0.25, -0.2) is 0 Å². The molecule has 0 saturated heterocycles. The van der Waals surface area contributed by atoms with Gasteiger partial charge >= 0.3 is 7.12 Å². The van der Waals surface area contributed by atoms with Crippen molar-refractivity contribution >= 4 is 40.4 Å². The zero-order valence-electron chi connectivity index (χ0n) is 18.2. The van der Waals surface area contributed by atoms with Gasteiger partial charge in [-0.3, -0.25) is 4.79 Å². The monoisotopic (exact) mass is 448 g/mol. The number of fused-ring (bicyclic) bond motifs is 2. The molecule has 0 heterocycles. The predicted molar refractivity (Wildman–Crippen MR) is 135 cm³/mol. The Balaban J connectivity index is 1.69. The fraction of sp³-hybridized carbons (Fsp3) is 0.0357. The normalized spacial score (nSPS) is 11.0. The SMILES string of the molecule is O=Cc1cc2ccccc2c(-c2c(OCc3ccc(B(O)O)cc3)ccc3ccccc23)c1O. The summed E-state index contributed by atoms with van der Waals surface area (Å²) in [6.07, 6.45) is 0.661. The topological polar surface area (TPSA) is 87.0 Å². The van der Waals surface area contributed by atoms with Crippen LogP contribution in [0.25, 0.3) is 32.7 Å². The van der Waals surface area contributed by atoms with E-state index in [1.54, 1.807) is 30.3 Å². The molecule has 0 aromatic heterocycles. The van der Waals surface area contributed by atoms with Gasteiger partial charge in [0.1, 0.15) is 18.1 Å². The summed E-state index contributed by atoms with van der Waals surface area (Å²) in [6, 6.07) is 27.8. The molecule has 166 valence electrons. The first kappa shape index (κ1) is 21.7. The van der Waals surface area contributed by atoms with Crippen molar-refractivity contribution in [1.29, 1.82) is 0 Å². The van der Waals surface area contributed by atoms with E-state index in [4.69, 9.17) is 4.74 Å². The smallest absolute Gasteiger partial charge is 0.488 e. The van der Waals surface area contributed by atoms with Gasteiger partial charge in [-0.2, -0.15) is 0 Å². The van der Waals surface area contributed by atoms with Crippen molar-refractivity contribution in [2.45, 2.75) is 6.61 Å². The van der Waals surface area contributed by atoms with Crippen LogP contribution in [0.4, 0.5) is 0 Å². The Morgan fingerprint density at radius 2 is 1.41 bits per heavy atom. The lowest BCUT2D eigenvalue weighted by atomic mass is 9.80. The Labute approximate surface area is 196 Å². The Kier molecular flexibility index (Phi) is 5.76. The summed E-state index contributed by atoms with van der Waals surface area (Å²) in [7, 11) is -1.52. The number of hydrogen-bond donors (Lipinski definition) is 3. The zero-order valence-corrected chi connectivity index (χ0v) is 18.2. The van der Waals surface area contributed by atoms with E-state index < -0.39 is 7.12 Å². The first-order chi connectivity index (χ1) is 16.6. The highest BCUT2D eigenvalue weighted by Gasteiger charge is 2.20. The molecule has 0 amide bonds. The van der Waals surface area contributed by atoms with Crippen LogP contribution in [-0.4, -0.2) is 28.6 Å². The standard InChI is InChI=1S/C28H21BO5/c30-16-21-15-20-6-2-4-8-24(20)27(28(21)31)26-23-7-3-1-5-19(23)11-14-25(26)34-17-18-9-12-22(13-10-18)29(32)33/h1-16,31-33H,17H2. The summed E-state index contributed by atoms with van der Waals surface area (Å²) < 4.78 is 6.24. The van der Waals surface area contributed by atoms with Crippen LogP contribution in [0.2, 0.25) is 0 Å². The van der Waals surface area contributed by atoms with Gasteiger partial charge in [0.25, 0.3) is 0 Å². The third-order valence-corrected chi connectivity index (χ3v) is 5.99. The number of aromatic hydroxyl groups is 1. The fourth-order valence-corrected chi connectivity index (χ4v) is 4.28. The van der Waals surface area contributed by atoms with E-state index >= 15 is 0 Å². The fourth-order valence-electron chi connectivity index (χ4n) is 4.28. The first-order valence-corrected chi connectivity index (χ1v) is 10.9. The van der Waals surface area contributed by atoms with Crippen LogP contribution >= 0.6 is 0 Å². The lowest BCUT2D eigenvalue weighted by Crippen LogP contribution is -2.29. The molecule has 5 nitrogen and oxygen atoms in total. The maximum atomic E-state index is 11.8. The van der Waals surface area contributed by atoms with E-state index in [9.17, 15) is 19.9 Å². The van der Waals surface area contributed by atoms with Crippen LogP contribution in [0.15, 0.2) is 91.0 Å². The number of hydrogen-bond acceptors (Lipinski definition) is 5. The highest BCUT2D eigenvalue weighted by molar-refractivity contribution is 6.58. The molecule has 0 aliphatic carbocycles. The summed E-state index contributed by atoms with van der Waals surface area (Å²) in [5, 5.41) is 33.3. The van der Waals surface area contributed by atoms with E-state index in [1.807, 2.05) is 60.7 Å². The second-order valence-corrected chi connectivity index (χ2v) is 8.09. The maximum absolute atomic E-state index is 11.8. The summed E-state index contributed by atoms with van der Waals surface area (Å²) in [6.45, 7) is 0.235. The minimum atomic E-state index is -1.52. The highest BCUT2D eigenvalue weighted by atomic mass is 16.5. The van der Waals surface area contributed by atoms with Crippen LogP contribution in [0.5, 0.6) is 11.5 Å². The van der Waals surface area contributed by atoms with Crippen LogP contribution in [0.3, 0.4) is 0 Å². The van der Waals surface area contributed by atoms with E-state index in [1.165, 1.54) is 0 Å². The van der Waals surface area contributed by atoms with Gasteiger partial charge in [0.15, 0.2) is 6.29 Å². The summed E-state index contributed by atoms with van der Waals surface area (Å²) >= 11 is 0. The number of carbonyl (C=O) groups is 1. The summed E-state index contributed by atoms with van der Waals surface area (Å²) in [4.78, 5) is 11.8. The molecular formula is C28H21BO5. The molecule has 6 heteroatoms. The molecule has 0 atom stereocenters. The van der Waals surface area contributed by atoms with Crippen molar-refractivity contribution in [2.75, 3.05) is 0 Å². The van der Waals surface area contributed by atoms with Crippen molar-refractivity contribution in [2.24, 2.45) is 0 Å². The van der Waals surface area contributed by atoms with E-state index in [0.717, 1.165) is 27.1 Å². The zero-order chi connectivity index (χ0) is 23.7. The minimum absolute atomic E-state index is 0.0869. The van der Waals surface area contributed by atoms with Crippen molar-refractivity contribution in [1.82, 2.24) is 0 Å². The maximum Gasteiger partial charge on any atom is 0.488 e. The molecule has 0 unspecified atom stereocenters. The molecule has 0 saturated carbocycles. The van der Waals surface area contributed by atoms with E-state index in [2.05, 4.69) is 0 Å².